The molecular weight excluding hydrogens is 387 g/mol. The van der Waals surface area contributed by atoms with Gasteiger partial charge in [0.2, 0.25) is 0 Å². The van der Waals surface area contributed by atoms with Gasteiger partial charge in [-0.15, -0.1) is 0 Å². The van der Waals surface area contributed by atoms with Gasteiger partial charge in [0, 0.05) is 21.9 Å². The Morgan fingerprint density at radius 3 is 1.92 bits per heavy atom. The summed E-state index contributed by atoms with van der Waals surface area (Å²) in [4.78, 5) is 0.287. The van der Waals surface area contributed by atoms with Crippen molar-refractivity contribution < 1.29 is 8.42 Å². The molecule has 0 heterocycles. The summed E-state index contributed by atoms with van der Waals surface area (Å²) < 4.78 is 24.5. The van der Waals surface area contributed by atoms with Crippen LogP contribution in [0.1, 0.15) is 16.7 Å². The second-order valence-corrected chi connectivity index (χ2v) is 8.74. The lowest BCUT2D eigenvalue weighted by molar-refractivity contribution is 0.601. The minimum absolute atomic E-state index is 0.287. The van der Waals surface area contributed by atoms with Crippen LogP contribution in [0.15, 0.2) is 77.7 Å². The zero-order valence-corrected chi connectivity index (χ0v) is 16.3. The third-order valence-corrected chi connectivity index (χ3v) is 5.57. The van der Waals surface area contributed by atoms with Crippen LogP contribution in [0.5, 0.6) is 0 Å². The largest absolute Gasteiger partial charge is 0.224 e. The van der Waals surface area contributed by atoms with E-state index in [4.69, 9.17) is 23.2 Å². The number of halogens is 2. The second kappa shape index (κ2) is 7.67. The van der Waals surface area contributed by atoms with Crippen molar-refractivity contribution in [1.29, 1.82) is 0 Å². The van der Waals surface area contributed by atoms with Crippen LogP contribution >= 0.6 is 23.2 Å². The quantitative estimate of drug-likeness (QED) is 0.502. The average Bonchev–Trinajstić information content (AvgIpc) is 2.61. The molecular formula is C21H16Cl2O2S. The highest BCUT2D eigenvalue weighted by atomic mass is 35.5. The van der Waals surface area contributed by atoms with E-state index in [1.165, 1.54) is 6.26 Å². The van der Waals surface area contributed by atoms with E-state index in [0.29, 0.717) is 15.6 Å². The molecule has 3 aromatic carbocycles. The first-order chi connectivity index (χ1) is 12.3. The van der Waals surface area contributed by atoms with Crippen molar-refractivity contribution in [3.05, 3.63) is 99.5 Å². The van der Waals surface area contributed by atoms with Gasteiger partial charge in [0.25, 0.3) is 0 Å². The molecule has 0 unspecified atom stereocenters. The second-order valence-electron chi connectivity index (χ2n) is 5.88. The van der Waals surface area contributed by atoms with Gasteiger partial charge in [0.05, 0.1) is 4.90 Å². The molecule has 0 spiro atoms. The summed E-state index contributed by atoms with van der Waals surface area (Å²) in [5.74, 6) is 0. The lowest BCUT2D eigenvalue weighted by atomic mass is 9.95. The first-order valence-corrected chi connectivity index (χ1v) is 10.5. The summed E-state index contributed by atoms with van der Waals surface area (Å²) in [6.45, 7) is 0. The molecule has 3 aromatic rings. The first kappa shape index (κ1) is 18.7. The molecule has 0 bridgehead atoms. The van der Waals surface area contributed by atoms with E-state index in [1.54, 1.807) is 36.4 Å². The van der Waals surface area contributed by atoms with Gasteiger partial charge in [-0.1, -0.05) is 65.7 Å². The van der Waals surface area contributed by atoms with Crippen molar-refractivity contribution in [2.24, 2.45) is 0 Å². The van der Waals surface area contributed by atoms with Gasteiger partial charge in [0.15, 0.2) is 9.84 Å². The number of benzene rings is 3. The Labute approximate surface area is 163 Å². The number of sulfone groups is 1. The fraction of sp³-hybridized carbons (Fsp3) is 0.0476. The van der Waals surface area contributed by atoms with Crippen LogP contribution in [0.3, 0.4) is 0 Å². The molecule has 0 aliphatic carbocycles. The van der Waals surface area contributed by atoms with Crippen LogP contribution in [0.25, 0.3) is 11.6 Å². The lowest BCUT2D eigenvalue weighted by Crippen LogP contribution is -2.02. The summed E-state index contributed by atoms with van der Waals surface area (Å²) in [6.07, 6.45) is 3.16. The average molecular weight is 403 g/mol. The van der Waals surface area contributed by atoms with Crippen LogP contribution in [-0.4, -0.2) is 14.7 Å². The predicted molar refractivity (Wildman–Crippen MR) is 109 cm³/mol. The molecule has 0 aliphatic rings. The minimum Gasteiger partial charge on any atom is -0.224 e. The fourth-order valence-corrected chi connectivity index (χ4v) is 3.84. The zero-order valence-electron chi connectivity index (χ0n) is 14.0. The lowest BCUT2D eigenvalue weighted by Gasteiger charge is -2.13. The zero-order chi connectivity index (χ0) is 18.7. The van der Waals surface area contributed by atoms with Crippen molar-refractivity contribution in [3.8, 4) is 0 Å². The molecule has 2 nitrogen and oxygen atoms in total. The molecule has 5 heteroatoms. The Morgan fingerprint density at radius 1 is 0.808 bits per heavy atom. The Balaban J connectivity index is 2.26. The van der Waals surface area contributed by atoms with Crippen LogP contribution in [0.4, 0.5) is 0 Å². The molecule has 0 amide bonds. The van der Waals surface area contributed by atoms with Crippen molar-refractivity contribution in [1.82, 2.24) is 0 Å². The SMILES string of the molecule is CS(=O)(=O)c1ccccc1/C(=C/c1ccc(Cl)cc1)c1ccc(Cl)cc1. The molecule has 0 radical (unpaired) electrons. The van der Waals surface area contributed by atoms with Gasteiger partial charge in [-0.25, -0.2) is 8.42 Å². The van der Waals surface area contributed by atoms with Crippen molar-refractivity contribution >= 4 is 44.7 Å². The molecule has 0 saturated carbocycles. The maximum Gasteiger partial charge on any atom is 0.176 e. The highest BCUT2D eigenvalue weighted by molar-refractivity contribution is 7.90. The Bertz CT molecular complexity index is 1050. The molecule has 0 aromatic heterocycles. The van der Waals surface area contributed by atoms with E-state index in [-0.39, 0.29) is 4.90 Å². The molecule has 0 atom stereocenters. The highest BCUT2D eigenvalue weighted by Crippen LogP contribution is 2.31. The normalized spacial score (nSPS) is 12.2. The van der Waals surface area contributed by atoms with Crippen LogP contribution in [-0.2, 0) is 9.84 Å². The number of hydrogen-bond donors (Lipinski definition) is 0. The van der Waals surface area contributed by atoms with Gasteiger partial charge in [-0.2, -0.15) is 0 Å². The molecule has 0 saturated heterocycles. The third-order valence-electron chi connectivity index (χ3n) is 3.91. The molecule has 26 heavy (non-hydrogen) atoms. The van der Waals surface area contributed by atoms with Crippen molar-refractivity contribution in [3.63, 3.8) is 0 Å². The standard InChI is InChI=1S/C21H16Cl2O2S/c1-26(24,25)21-5-3-2-4-19(21)20(16-8-12-18(23)13-9-16)14-15-6-10-17(22)11-7-15/h2-14H,1H3/b20-14+. The van der Waals surface area contributed by atoms with Gasteiger partial charge in [-0.05, 0) is 53.1 Å². The van der Waals surface area contributed by atoms with E-state index >= 15 is 0 Å². The first-order valence-electron chi connectivity index (χ1n) is 7.87. The Hall–Kier alpha value is -2.07. The van der Waals surface area contributed by atoms with E-state index < -0.39 is 9.84 Å². The maximum absolute atomic E-state index is 12.3. The van der Waals surface area contributed by atoms with E-state index in [1.807, 2.05) is 42.5 Å². The minimum atomic E-state index is -3.38. The molecule has 0 N–H and O–H groups in total. The summed E-state index contributed by atoms with van der Waals surface area (Å²) in [6, 6.07) is 21.7. The summed E-state index contributed by atoms with van der Waals surface area (Å²) in [5, 5.41) is 1.27. The van der Waals surface area contributed by atoms with Crippen molar-refractivity contribution in [2.45, 2.75) is 4.90 Å². The van der Waals surface area contributed by atoms with Crippen LogP contribution in [0.2, 0.25) is 10.0 Å². The molecule has 3 rings (SSSR count). The van der Waals surface area contributed by atoms with Crippen LogP contribution in [0, 0.1) is 0 Å². The van der Waals surface area contributed by atoms with E-state index in [2.05, 4.69) is 0 Å². The molecule has 0 aliphatic heterocycles. The van der Waals surface area contributed by atoms with Crippen LogP contribution < -0.4 is 0 Å². The monoisotopic (exact) mass is 402 g/mol. The van der Waals surface area contributed by atoms with Gasteiger partial charge >= 0.3 is 0 Å². The number of rotatable bonds is 4. The summed E-state index contributed by atoms with van der Waals surface area (Å²) in [7, 11) is -3.38. The summed E-state index contributed by atoms with van der Waals surface area (Å²) in [5.41, 5.74) is 3.24. The van der Waals surface area contributed by atoms with Gasteiger partial charge < -0.3 is 0 Å². The third kappa shape index (κ3) is 4.36. The topological polar surface area (TPSA) is 34.1 Å². The van der Waals surface area contributed by atoms with Gasteiger partial charge in [-0.3, -0.25) is 0 Å². The highest BCUT2D eigenvalue weighted by Gasteiger charge is 2.17. The van der Waals surface area contributed by atoms with E-state index in [9.17, 15) is 8.42 Å². The van der Waals surface area contributed by atoms with Gasteiger partial charge in [0.1, 0.15) is 0 Å². The smallest absolute Gasteiger partial charge is 0.176 e. The Morgan fingerprint density at radius 2 is 1.35 bits per heavy atom. The molecule has 0 fully saturated rings. The predicted octanol–water partition coefficient (Wildman–Crippen LogP) is 5.99. The maximum atomic E-state index is 12.3. The summed E-state index contributed by atoms with van der Waals surface area (Å²) >= 11 is 12.0. The number of hydrogen-bond acceptors (Lipinski definition) is 2. The molecule has 132 valence electrons. The Kier molecular flexibility index (Phi) is 5.52. The van der Waals surface area contributed by atoms with E-state index in [0.717, 1.165) is 16.7 Å². The fourth-order valence-electron chi connectivity index (χ4n) is 2.68. The van der Waals surface area contributed by atoms with Crippen molar-refractivity contribution in [2.75, 3.05) is 6.26 Å².